The maximum absolute atomic E-state index is 11.7. The average molecular weight is 264 g/mol. The van der Waals surface area contributed by atoms with Crippen LogP contribution in [0.4, 0.5) is 0 Å². The molecule has 0 aromatic heterocycles. The van der Waals surface area contributed by atoms with E-state index in [1.54, 1.807) is 0 Å². The van der Waals surface area contributed by atoms with E-state index in [0.29, 0.717) is 12.3 Å². The number of carbonyl (C=O) groups excluding carboxylic acids is 1. The zero-order valence-electron chi connectivity index (χ0n) is 12.0. The van der Waals surface area contributed by atoms with Crippen LogP contribution in [0.1, 0.15) is 32.3 Å². The van der Waals surface area contributed by atoms with Gasteiger partial charge in [-0.15, -0.1) is 0 Å². The zero-order chi connectivity index (χ0) is 14.3. The van der Waals surface area contributed by atoms with E-state index < -0.39 is 0 Å². The van der Waals surface area contributed by atoms with Gasteiger partial charge >= 0.3 is 0 Å². The van der Waals surface area contributed by atoms with E-state index in [1.807, 2.05) is 45.0 Å². The molecule has 0 heterocycles. The maximum atomic E-state index is 11.7. The third-order valence-electron chi connectivity index (χ3n) is 3.41. The molecule has 0 fully saturated rings. The van der Waals surface area contributed by atoms with Gasteiger partial charge in [0, 0.05) is 12.1 Å². The van der Waals surface area contributed by atoms with Crippen LogP contribution in [0.15, 0.2) is 24.3 Å². The summed E-state index contributed by atoms with van der Waals surface area (Å²) in [5.41, 5.74) is 6.90. The standard InChI is InChI=1S/C15H24N2O2/c1-4-15(16,5-2)11-17-14(18)10-19-13-8-6-7-12(3)9-13/h6-9H,4-5,10-11,16H2,1-3H3,(H,17,18). The Labute approximate surface area is 115 Å². The van der Waals surface area contributed by atoms with Crippen molar-refractivity contribution in [2.24, 2.45) is 5.73 Å². The predicted molar refractivity (Wildman–Crippen MR) is 77.2 cm³/mol. The Morgan fingerprint density at radius 2 is 2.05 bits per heavy atom. The first-order valence-electron chi connectivity index (χ1n) is 6.74. The van der Waals surface area contributed by atoms with Crippen LogP contribution in [-0.2, 0) is 4.79 Å². The molecule has 0 saturated heterocycles. The summed E-state index contributed by atoms with van der Waals surface area (Å²) in [6, 6.07) is 7.63. The number of ether oxygens (including phenoxy) is 1. The fourth-order valence-corrected chi connectivity index (χ4v) is 1.68. The van der Waals surface area contributed by atoms with Crippen molar-refractivity contribution in [1.29, 1.82) is 0 Å². The first-order valence-corrected chi connectivity index (χ1v) is 6.74. The highest BCUT2D eigenvalue weighted by Crippen LogP contribution is 2.12. The topological polar surface area (TPSA) is 64.3 Å². The van der Waals surface area contributed by atoms with Gasteiger partial charge in [-0.05, 0) is 37.5 Å². The summed E-state index contributed by atoms with van der Waals surface area (Å²) in [4.78, 5) is 11.7. The molecule has 1 aromatic carbocycles. The van der Waals surface area contributed by atoms with Gasteiger partial charge in [0.1, 0.15) is 5.75 Å². The summed E-state index contributed by atoms with van der Waals surface area (Å²) in [7, 11) is 0. The third-order valence-corrected chi connectivity index (χ3v) is 3.41. The van der Waals surface area contributed by atoms with Crippen molar-refractivity contribution >= 4 is 5.91 Å². The number of nitrogens with one attached hydrogen (secondary N) is 1. The van der Waals surface area contributed by atoms with Gasteiger partial charge in [0.15, 0.2) is 6.61 Å². The predicted octanol–water partition coefficient (Wildman–Crippen LogP) is 2.01. The summed E-state index contributed by atoms with van der Waals surface area (Å²) < 4.78 is 5.43. The van der Waals surface area contributed by atoms with Crippen molar-refractivity contribution in [3.8, 4) is 5.75 Å². The zero-order valence-corrected chi connectivity index (χ0v) is 12.0. The van der Waals surface area contributed by atoms with E-state index in [9.17, 15) is 4.79 Å². The lowest BCUT2D eigenvalue weighted by molar-refractivity contribution is -0.123. The lowest BCUT2D eigenvalue weighted by Gasteiger charge is -2.26. The Balaban J connectivity index is 2.36. The SMILES string of the molecule is CCC(N)(CC)CNC(=O)COc1cccc(C)c1. The molecule has 0 aliphatic carbocycles. The Morgan fingerprint density at radius 1 is 1.37 bits per heavy atom. The minimum atomic E-state index is -0.320. The van der Waals surface area contributed by atoms with Crippen LogP contribution in [0.2, 0.25) is 0 Å². The normalized spacial score (nSPS) is 11.2. The molecular weight excluding hydrogens is 240 g/mol. The molecule has 1 rings (SSSR count). The number of carbonyl (C=O) groups is 1. The van der Waals surface area contributed by atoms with E-state index in [1.165, 1.54) is 0 Å². The summed E-state index contributed by atoms with van der Waals surface area (Å²) >= 11 is 0. The molecule has 0 aliphatic heterocycles. The Morgan fingerprint density at radius 3 is 2.63 bits per heavy atom. The largest absolute Gasteiger partial charge is 0.484 e. The molecule has 4 heteroatoms. The number of hydrogen-bond donors (Lipinski definition) is 2. The van der Waals surface area contributed by atoms with Gasteiger partial charge < -0.3 is 15.8 Å². The van der Waals surface area contributed by atoms with Crippen molar-refractivity contribution in [2.75, 3.05) is 13.2 Å². The minimum absolute atomic E-state index is 0.0208. The highest BCUT2D eigenvalue weighted by Gasteiger charge is 2.20. The molecule has 1 amide bonds. The minimum Gasteiger partial charge on any atom is -0.484 e. The van der Waals surface area contributed by atoms with Crippen LogP contribution in [0.3, 0.4) is 0 Å². The first kappa shape index (κ1) is 15.5. The summed E-state index contributed by atoms with van der Waals surface area (Å²) in [5, 5.41) is 2.82. The molecule has 106 valence electrons. The fraction of sp³-hybridized carbons (Fsp3) is 0.533. The molecule has 3 N–H and O–H groups in total. The molecule has 0 saturated carbocycles. The highest BCUT2D eigenvalue weighted by atomic mass is 16.5. The van der Waals surface area contributed by atoms with Crippen molar-refractivity contribution in [3.05, 3.63) is 29.8 Å². The molecule has 0 atom stereocenters. The first-order chi connectivity index (χ1) is 8.99. The van der Waals surface area contributed by atoms with Crippen LogP contribution >= 0.6 is 0 Å². The van der Waals surface area contributed by atoms with E-state index in [-0.39, 0.29) is 18.1 Å². The van der Waals surface area contributed by atoms with Gasteiger partial charge in [0.05, 0.1) is 0 Å². The van der Waals surface area contributed by atoms with E-state index in [4.69, 9.17) is 10.5 Å². The molecule has 19 heavy (non-hydrogen) atoms. The molecule has 0 bridgehead atoms. The second kappa shape index (κ2) is 7.14. The number of nitrogens with two attached hydrogens (primary N) is 1. The number of benzene rings is 1. The molecule has 4 nitrogen and oxygen atoms in total. The molecular formula is C15H24N2O2. The third kappa shape index (κ3) is 5.30. The smallest absolute Gasteiger partial charge is 0.258 e. The quantitative estimate of drug-likeness (QED) is 0.791. The Kier molecular flexibility index (Phi) is 5.83. The summed E-state index contributed by atoms with van der Waals surface area (Å²) in [5.74, 6) is 0.568. The second-order valence-corrected chi connectivity index (χ2v) is 4.95. The average Bonchev–Trinajstić information content (AvgIpc) is 2.42. The molecule has 0 radical (unpaired) electrons. The molecule has 0 unspecified atom stereocenters. The second-order valence-electron chi connectivity index (χ2n) is 4.95. The monoisotopic (exact) mass is 264 g/mol. The molecule has 0 spiro atoms. The molecule has 0 aliphatic rings. The van der Waals surface area contributed by atoms with Crippen LogP contribution in [0, 0.1) is 6.92 Å². The maximum Gasteiger partial charge on any atom is 0.258 e. The van der Waals surface area contributed by atoms with Gasteiger partial charge in [-0.25, -0.2) is 0 Å². The van der Waals surface area contributed by atoms with Crippen molar-refractivity contribution in [3.63, 3.8) is 0 Å². The molecule has 1 aromatic rings. The lowest BCUT2D eigenvalue weighted by atomic mass is 9.94. The van der Waals surface area contributed by atoms with Crippen LogP contribution in [0.5, 0.6) is 5.75 Å². The van der Waals surface area contributed by atoms with Crippen LogP contribution in [-0.4, -0.2) is 24.6 Å². The summed E-state index contributed by atoms with van der Waals surface area (Å²) in [6.45, 7) is 6.54. The van der Waals surface area contributed by atoms with Gasteiger partial charge in [-0.1, -0.05) is 26.0 Å². The Hall–Kier alpha value is -1.55. The van der Waals surface area contributed by atoms with Crippen molar-refractivity contribution < 1.29 is 9.53 Å². The highest BCUT2D eigenvalue weighted by molar-refractivity contribution is 5.77. The van der Waals surface area contributed by atoms with E-state index in [0.717, 1.165) is 18.4 Å². The van der Waals surface area contributed by atoms with Gasteiger partial charge in [0.2, 0.25) is 0 Å². The van der Waals surface area contributed by atoms with Crippen LogP contribution < -0.4 is 15.8 Å². The number of amides is 1. The van der Waals surface area contributed by atoms with Crippen molar-refractivity contribution in [2.45, 2.75) is 39.2 Å². The van der Waals surface area contributed by atoms with Crippen molar-refractivity contribution in [1.82, 2.24) is 5.32 Å². The fourth-order valence-electron chi connectivity index (χ4n) is 1.68. The Bertz CT molecular complexity index is 414. The number of aryl methyl sites for hydroxylation is 1. The van der Waals surface area contributed by atoms with Gasteiger partial charge in [-0.3, -0.25) is 4.79 Å². The summed E-state index contributed by atoms with van der Waals surface area (Å²) in [6.07, 6.45) is 1.67. The number of hydrogen-bond acceptors (Lipinski definition) is 3. The van der Waals surface area contributed by atoms with Gasteiger partial charge in [-0.2, -0.15) is 0 Å². The van der Waals surface area contributed by atoms with Crippen LogP contribution in [0.25, 0.3) is 0 Å². The number of rotatable bonds is 7. The van der Waals surface area contributed by atoms with E-state index in [2.05, 4.69) is 5.32 Å². The van der Waals surface area contributed by atoms with Gasteiger partial charge in [0.25, 0.3) is 5.91 Å². The lowest BCUT2D eigenvalue weighted by Crippen LogP contribution is -2.50. The van der Waals surface area contributed by atoms with E-state index >= 15 is 0 Å².